The number of nitrogens with one attached hydrogen (secondary N) is 1. The van der Waals surface area contributed by atoms with Crippen molar-refractivity contribution in [2.75, 3.05) is 24.7 Å². The Hall–Kier alpha value is -1.67. The second kappa shape index (κ2) is 7.37. The average Bonchev–Trinajstić information content (AvgIpc) is 2.42. The maximum Gasteiger partial charge on any atom is 0.293 e. The van der Waals surface area contributed by atoms with Crippen LogP contribution >= 0.6 is 0 Å². The third-order valence-corrected chi connectivity index (χ3v) is 4.40. The Morgan fingerprint density at radius 1 is 1.43 bits per heavy atom. The minimum absolute atomic E-state index is 0.0648. The number of nitrogens with zero attached hydrogens (tertiary/aromatic N) is 1. The van der Waals surface area contributed by atoms with Crippen LogP contribution in [0.1, 0.15) is 19.8 Å². The Bertz CT molecular complexity index is 601. The van der Waals surface area contributed by atoms with Gasteiger partial charge >= 0.3 is 0 Å². The zero-order chi connectivity index (χ0) is 16.0. The van der Waals surface area contributed by atoms with Crippen LogP contribution < -0.4 is 5.32 Å². The minimum Gasteiger partial charge on any atom is -0.396 e. The number of hydrogen-bond acceptors (Lipinski definition) is 6. The first-order chi connectivity index (χ1) is 9.79. The monoisotopic (exact) mass is 316 g/mol. The van der Waals surface area contributed by atoms with Gasteiger partial charge in [0.2, 0.25) is 0 Å². The van der Waals surface area contributed by atoms with Gasteiger partial charge < -0.3 is 10.4 Å². The summed E-state index contributed by atoms with van der Waals surface area (Å²) in [4.78, 5) is 10.4. The lowest BCUT2D eigenvalue weighted by atomic mass is 10.0. The van der Waals surface area contributed by atoms with E-state index in [2.05, 4.69) is 5.32 Å². The van der Waals surface area contributed by atoms with E-state index in [0.717, 1.165) is 18.7 Å². The molecule has 1 aromatic carbocycles. The van der Waals surface area contributed by atoms with Crippen LogP contribution in [0.25, 0.3) is 0 Å². The molecule has 0 aliphatic heterocycles. The molecule has 0 aromatic heterocycles. The van der Waals surface area contributed by atoms with Crippen LogP contribution in [0.2, 0.25) is 0 Å². The quantitative estimate of drug-likeness (QED) is 0.559. The second-order valence-electron chi connectivity index (χ2n) is 4.88. The molecule has 0 aliphatic rings. The molecule has 118 valence electrons. The van der Waals surface area contributed by atoms with Crippen LogP contribution in [0.4, 0.5) is 11.4 Å². The normalized spacial score (nSPS) is 12.9. The topological polar surface area (TPSA) is 110 Å². The molecule has 0 heterocycles. The molecule has 7 nitrogen and oxygen atoms in total. The summed E-state index contributed by atoms with van der Waals surface area (Å²) in [7, 11) is -3.49. The van der Waals surface area contributed by atoms with E-state index in [9.17, 15) is 18.5 Å². The molecule has 0 amide bonds. The summed E-state index contributed by atoms with van der Waals surface area (Å²) in [6, 6.07) is 3.81. The lowest BCUT2D eigenvalue weighted by molar-refractivity contribution is -0.384. The standard InChI is InChI=1S/C13H20N2O5S/c1-3-10(6-7-16)9-14-12-5-4-11(21(2,19)20)8-13(12)15(17)18/h4-5,8,10,14,16H,3,6-7,9H2,1-2H3. The number of nitro groups is 1. The highest BCUT2D eigenvalue weighted by atomic mass is 32.2. The van der Waals surface area contributed by atoms with Crippen molar-refractivity contribution in [1.29, 1.82) is 0 Å². The summed E-state index contributed by atoms with van der Waals surface area (Å²) in [6.45, 7) is 2.52. The smallest absolute Gasteiger partial charge is 0.293 e. The molecule has 1 aromatic rings. The van der Waals surface area contributed by atoms with E-state index in [0.29, 0.717) is 13.0 Å². The average molecular weight is 316 g/mol. The molecule has 0 saturated heterocycles. The van der Waals surface area contributed by atoms with Gasteiger partial charge in [-0.3, -0.25) is 10.1 Å². The highest BCUT2D eigenvalue weighted by molar-refractivity contribution is 7.90. The lowest BCUT2D eigenvalue weighted by Gasteiger charge is -2.15. The number of aliphatic hydroxyl groups excluding tert-OH is 1. The van der Waals surface area contributed by atoms with Crippen molar-refractivity contribution in [2.24, 2.45) is 5.92 Å². The summed E-state index contributed by atoms with van der Waals surface area (Å²) in [6.07, 6.45) is 2.45. The number of anilines is 1. The summed E-state index contributed by atoms with van der Waals surface area (Å²) < 4.78 is 22.9. The van der Waals surface area contributed by atoms with Crippen molar-refractivity contribution in [3.8, 4) is 0 Å². The first kappa shape index (κ1) is 17.4. The Morgan fingerprint density at radius 3 is 2.57 bits per heavy atom. The van der Waals surface area contributed by atoms with Crippen molar-refractivity contribution in [3.63, 3.8) is 0 Å². The number of sulfone groups is 1. The zero-order valence-electron chi connectivity index (χ0n) is 12.1. The van der Waals surface area contributed by atoms with Gasteiger partial charge in [-0.1, -0.05) is 13.3 Å². The van der Waals surface area contributed by atoms with Crippen LogP contribution in [-0.2, 0) is 9.84 Å². The van der Waals surface area contributed by atoms with Crippen LogP contribution in [0, 0.1) is 16.0 Å². The third kappa shape index (κ3) is 4.98. The fraction of sp³-hybridized carbons (Fsp3) is 0.538. The SMILES string of the molecule is CCC(CCO)CNc1ccc(S(C)(=O)=O)cc1[N+](=O)[O-]. The van der Waals surface area contributed by atoms with Gasteiger partial charge in [-0.25, -0.2) is 8.42 Å². The first-order valence-electron chi connectivity index (χ1n) is 6.62. The van der Waals surface area contributed by atoms with E-state index >= 15 is 0 Å². The molecular weight excluding hydrogens is 296 g/mol. The molecule has 0 aliphatic carbocycles. The number of rotatable bonds is 8. The Labute approximate surface area is 124 Å². The molecule has 1 unspecified atom stereocenters. The highest BCUT2D eigenvalue weighted by Gasteiger charge is 2.19. The minimum atomic E-state index is -3.49. The van der Waals surface area contributed by atoms with Crippen molar-refractivity contribution < 1.29 is 18.4 Å². The number of nitro benzene ring substituents is 1. The Kier molecular flexibility index (Phi) is 6.10. The van der Waals surface area contributed by atoms with Gasteiger partial charge in [-0.15, -0.1) is 0 Å². The van der Waals surface area contributed by atoms with Crippen molar-refractivity contribution in [3.05, 3.63) is 28.3 Å². The van der Waals surface area contributed by atoms with E-state index in [1.807, 2.05) is 6.92 Å². The fourth-order valence-electron chi connectivity index (χ4n) is 1.93. The maximum absolute atomic E-state index is 11.4. The molecule has 0 saturated carbocycles. The zero-order valence-corrected chi connectivity index (χ0v) is 12.9. The van der Waals surface area contributed by atoms with Crippen LogP contribution in [0.15, 0.2) is 23.1 Å². The summed E-state index contributed by atoms with van der Waals surface area (Å²) in [5, 5.41) is 23.0. The predicted octanol–water partition coefficient (Wildman–Crippen LogP) is 1.82. The van der Waals surface area contributed by atoms with Gasteiger partial charge in [-0.05, 0) is 24.5 Å². The summed E-state index contributed by atoms with van der Waals surface area (Å²) >= 11 is 0. The summed E-state index contributed by atoms with van der Waals surface area (Å²) in [5.41, 5.74) is 0.0144. The number of benzene rings is 1. The van der Waals surface area contributed by atoms with E-state index in [-0.39, 0.29) is 28.8 Å². The molecule has 0 radical (unpaired) electrons. The van der Waals surface area contributed by atoms with Gasteiger partial charge in [-0.2, -0.15) is 0 Å². The Morgan fingerprint density at radius 2 is 2.10 bits per heavy atom. The predicted molar refractivity (Wildman–Crippen MR) is 80.2 cm³/mol. The molecular formula is C13H20N2O5S. The molecule has 0 fully saturated rings. The van der Waals surface area contributed by atoms with E-state index in [1.165, 1.54) is 12.1 Å². The van der Waals surface area contributed by atoms with Crippen LogP contribution in [0.3, 0.4) is 0 Å². The molecule has 0 bridgehead atoms. The molecule has 21 heavy (non-hydrogen) atoms. The van der Waals surface area contributed by atoms with Crippen molar-refractivity contribution in [1.82, 2.24) is 0 Å². The lowest BCUT2D eigenvalue weighted by Crippen LogP contribution is -2.16. The highest BCUT2D eigenvalue weighted by Crippen LogP contribution is 2.28. The number of aliphatic hydroxyl groups is 1. The van der Waals surface area contributed by atoms with Gasteiger partial charge in [0.05, 0.1) is 9.82 Å². The molecule has 8 heteroatoms. The first-order valence-corrected chi connectivity index (χ1v) is 8.52. The molecule has 2 N–H and O–H groups in total. The van der Waals surface area contributed by atoms with Crippen molar-refractivity contribution in [2.45, 2.75) is 24.7 Å². The third-order valence-electron chi connectivity index (χ3n) is 3.29. The largest absolute Gasteiger partial charge is 0.396 e. The van der Waals surface area contributed by atoms with Gasteiger partial charge in [0.15, 0.2) is 9.84 Å². The van der Waals surface area contributed by atoms with E-state index in [1.54, 1.807) is 0 Å². The molecule has 1 rings (SSSR count). The van der Waals surface area contributed by atoms with E-state index in [4.69, 9.17) is 5.11 Å². The Balaban J connectivity index is 3.00. The van der Waals surface area contributed by atoms with Gasteiger partial charge in [0, 0.05) is 25.5 Å². The number of hydrogen-bond donors (Lipinski definition) is 2. The maximum atomic E-state index is 11.4. The van der Waals surface area contributed by atoms with Crippen LogP contribution in [-0.4, -0.2) is 37.9 Å². The van der Waals surface area contributed by atoms with Gasteiger partial charge in [0.1, 0.15) is 5.69 Å². The summed E-state index contributed by atoms with van der Waals surface area (Å²) in [5.74, 6) is 0.198. The van der Waals surface area contributed by atoms with E-state index < -0.39 is 14.8 Å². The van der Waals surface area contributed by atoms with Crippen molar-refractivity contribution >= 4 is 21.2 Å². The fourth-order valence-corrected chi connectivity index (χ4v) is 2.57. The second-order valence-corrected chi connectivity index (χ2v) is 6.89. The molecule has 0 spiro atoms. The molecule has 1 atom stereocenters. The van der Waals surface area contributed by atoms with Gasteiger partial charge in [0.25, 0.3) is 5.69 Å². The van der Waals surface area contributed by atoms with Crippen LogP contribution in [0.5, 0.6) is 0 Å².